The number of carbonyl (C=O) groups excluding carboxylic acids is 2. The highest BCUT2D eigenvalue weighted by molar-refractivity contribution is 5.80. The number of fused-ring (bicyclic) bond motifs is 1. The van der Waals surface area contributed by atoms with Crippen molar-refractivity contribution in [2.75, 3.05) is 20.3 Å². The highest BCUT2D eigenvalue weighted by Gasteiger charge is 2.14. The van der Waals surface area contributed by atoms with Crippen LogP contribution in [0.3, 0.4) is 0 Å². The second kappa shape index (κ2) is 9.82. The van der Waals surface area contributed by atoms with Gasteiger partial charge in [-0.05, 0) is 43.9 Å². The van der Waals surface area contributed by atoms with E-state index in [2.05, 4.69) is 20.4 Å². The summed E-state index contributed by atoms with van der Waals surface area (Å²) in [6, 6.07) is 7.63. The van der Waals surface area contributed by atoms with Gasteiger partial charge >= 0.3 is 5.97 Å². The van der Waals surface area contributed by atoms with Gasteiger partial charge in [-0.1, -0.05) is 18.2 Å². The molecule has 0 atom stereocenters. The largest absolute Gasteiger partial charge is 0.496 e. The van der Waals surface area contributed by atoms with Crippen LogP contribution in [0.2, 0.25) is 0 Å². The predicted molar refractivity (Wildman–Crippen MR) is 109 cm³/mol. The zero-order valence-electron chi connectivity index (χ0n) is 17.3. The molecule has 1 aromatic carbocycles. The van der Waals surface area contributed by atoms with Crippen LogP contribution in [0.1, 0.15) is 28.9 Å². The number of benzene rings is 1. The van der Waals surface area contributed by atoms with E-state index < -0.39 is 5.97 Å². The molecule has 0 aliphatic heterocycles. The third kappa shape index (κ3) is 5.11. The number of methoxy groups -OCH3 is 1. The van der Waals surface area contributed by atoms with Crippen LogP contribution < -0.4 is 10.1 Å². The van der Waals surface area contributed by atoms with Crippen LogP contribution in [0.4, 0.5) is 0 Å². The molecule has 2 heterocycles. The Hall–Kier alpha value is -3.49. The quantitative estimate of drug-likeness (QED) is 0.533. The topological polar surface area (TPSA) is 108 Å². The maximum atomic E-state index is 12.1. The maximum absolute atomic E-state index is 12.1. The maximum Gasteiger partial charge on any atom is 0.306 e. The van der Waals surface area contributed by atoms with E-state index in [-0.39, 0.29) is 18.9 Å². The lowest BCUT2D eigenvalue weighted by Gasteiger charge is -2.11. The van der Waals surface area contributed by atoms with E-state index in [1.165, 1.54) is 6.33 Å². The standard InChI is InChI=1S/C21H25N5O4/c1-14-17(15(2)26-21(25-14)23-13-24-26)8-9-20(28)30-12-19(27)22-11-10-16-6-4-5-7-18(16)29-3/h4-7,13H,8-12H2,1-3H3,(H,22,27). The summed E-state index contributed by atoms with van der Waals surface area (Å²) < 4.78 is 12.0. The van der Waals surface area contributed by atoms with Gasteiger partial charge in [0, 0.05) is 24.4 Å². The van der Waals surface area contributed by atoms with Crippen LogP contribution >= 0.6 is 0 Å². The van der Waals surface area contributed by atoms with Crippen molar-refractivity contribution in [3.05, 3.63) is 53.1 Å². The van der Waals surface area contributed by atoms with Crippen molar-refractivity contribution in [2.24, 2.45) is 0 Å². The molecule has 0 spiro atoms. The Balaban J connectivity index is 1.42. The average molecular weight is 411 g/mol. The molecule has 9 heteroatoms. The summed E-state index contributed by atoms with van der Waals surface area (Å²) in [5.74, 6) is 0.534. The van der Waals surface area contributed by atoms with Crippen molar-refractivity contribution in [1.82, 2.24) is 24.9 Å². The lowest BCUT2D eigenvalue weighted by Crippen LogP contribution is -2.30. The van der Waals surface area contributed by atoms with Crippen LogP contribution in [0.15, 0.2) is 30.6 Å². The Morgan fingerprint density at radius 2 is 1.97 bits per heavy atom. The molecule has 0 aliphatic carbocycles. The number of hydrogen-bond acceptors (Lipinski definition) is 7. The molecule has 0 saturated carbocycles. The molecule has 0 aliphatic rings. The normalized spacial score (nSPS) is 10.8. The number of aromatic nitrogens is 4. The van der Waals surface area contributed by atoms with Crippen LogP contribution in [0, 0.1) is 13.8 Å². The summed E-state index contributed by atoms with van der Waals surface area (Å²) in [5, 5.41) is 6.88. The molecule has 9 nitrogen and oxygen atoms in total. The van der Waals surface area contributed by atoms with Crippen molar-refractivity contribution < 1.29 is 19.1 Å². The Labute approximate surface area is 174 Å². The molecular weight excluding hydrogens is 386 g/mol. The van der Waals surface area contributed by atoms with E-state index in [0.29, 0.717) is 25.2 Å². The number of para-hydroxylation sites is 1. The summed E-state index contributed by atoms with van der Waals surface area (Å²) >= 11 is 0. The summed E-state index contributed by atoms with van der Waals surface area (Å²) in [5.41, 5.74) is 3.61. The van der Waals surface area contributed by atoms with Crippen molar-refractivity contribution in [2.45, 2.75) is 33.1 Å². The first kappa shape index (κ1) is 21.2. The summed E-state index contributed by atoms with van der Waals surface area (Å²) in [4.78, 5) is 32.5. The molecule has 0 radical (unpaired) electrons. The van der Waals surface area contributed by atoms with Crippen LogP contribution in [0.5, 0.6) is 5.75 Å². The molecular formula is C21H25N5O4. The minimum atomic E-state index is -0.438. The van der Waals surface area contributed by atoms with Gasteiger partial charge in [0.05, 0.1) is 7.11 Å². The van der Waals surface area contributed by atoms with Crippen LogP contribution in [0.25, 0.3) is 5.78 Å². The molecule has 0 bridgehead atoms. The van der Waals surface area contributed by atoms with E-state index in [9.17, 15) is 9.59 Å². The monoisotopic (exact) mass is 411 g/mol. The first-order valence-electron chi connectivity index (χ1n) is 9.69. The first-order valence-corrected chi connectivity index (χ1v) is 9.69. The van der Waals surface area contributed by atoms with Gasteiger partial charge in [0.15, 0.2) is 6.61 Å². The number of carbonyl (C=O) groups is 2. The molecule has 0 fully saturated rings. The zero-order chi connectivity index (χ0) is 21.5. The zero-order valence-corrected chi connectivity index (χ0v) is 17.3. The number of hydrogen-bond donors (Lipinski definition) is 1. The number of esters is 1. The van der Waals surface area contributed by atoms with E-state index >= 15 is 0 Å². The van der Waals surface area contributed by atoms with Crippen molar-refractivity contribution >= 4 is 17.7 Å². The first-order chi connectivity index (χ1) is 14.5. The number of amides is 1. The molecule has 0 saturated heterocycles. The predicted octanol–water partition coefficient (Wildman–Crippen LogP) is 1.58. The molecule has 1 N–H and O–H groups in total. The van der Waals surface area contributed by atoms with Gasteiger partial charge in [-0.25, -0.2) is 9.50 Å². The molecule has 2 aromatic heterocycles. The van der Waals surface area contributed by atoms with Crippen LogP contribution in [-0.2, 0) is 27.2 Å². The molecule has 3 rings (SSSR count). The molecule has 30 heavy (non-hydrogen) atoms. The fourth-order valence-corrected chi connectivity index (χ4v) is 3.26. The van der Waals surface area contributed by atoms with Crippen molar-refractivity contribution in [3.8, 4) is 5.75 Å². The number of nitrogens with zero attached hydrogens (tertiary/aromatic N) is 4. The van der Waals surface area contributed by atoms with Gasteiger partial charge in [-0.3, -0.25) is 9.59 Å². The number of nitrogens with one attached hydrogen (secondary N) is 1. The van der Waals surface area contributed by atoms with Crippen molar-refractivity contribution in [3.63, 3.8) is 0 Å². The van der Waals surface area contributed by atoms with E-state index in [1.54, 1.807) is 11.6 Å². The van der Waals surface area contributed by atoms with Crippen LogP contribution in [-0.4, -0.2) is 51.7 Å². The third-order valence-corrected chi connectivity index (χ3v) is 4.84. The lowest BCUT2D eigenvalue weighted by atomic mass is 10.1. The number of aryl methyl sites for hydroxylation is 2. The fourth-order valence-electron chi connectivity index (χ4n) is 3.26. The van der Waals surface area contributed by atoms with E-state index in [1.807, 2.05) is 38.1 Å². The molecule has 0 unspecified atom stereocenters. The smallest absolute Gasteiger partial charge is 0.306 e. The highest BCUT2D eigenvalue weighted by Crippen LogP contribution is 2.17. The van der Waals surface area contributed by atoms with Gasteiger partial charge < -0.3 is 14.8 Å². The van der Waals surface area contributed by atoms with Gasteiger partial charge in [0.1, 0.15) is 12.1 Å². The Bertz CT molecular complexity index is 1050. The second-order valence-corrected chi connectivity index (χ2v) is 6.81. The fraction of sp³-hybridized carbons (Fsp3) is 0.381. The summed E-state index contributed by atoms with van der Waals surface area (Å²) in [6.07, 6.45) is 2.67. The summed E-state index contributed by atoms with van der Waals surface area (Å²) in [6.45, 7) is 3.91. The average Bonchev–Trinajstić information content (AvgIpc) is 3.21. The third-order valence-electron chi connectivity index (χ3n) is 4.84. The minimum Gasteiger partial charge on any atom is -0.496 e. The molecule has 158 valence electrons. The Morgan fingerprint density at radius 1 is 1.17 bits per heavy atom. The van der Waals surface area contributed by atoms with Gasteiger partial charge in [0.25, 0.3) is 11.7 Å². The van der Waals surface area contributed by atoms with E-state index in [4.69, 9.17) is 9.47 Å². The highest BCUT2D eigenvalue weighted by atomic mass is 16.5. The van der Waals surface area contributed by atoms with Gasteiger partial charge in [-0.15, -0.1) is 0 Å². The van der Waals surface area contributed by atoms with Gasteiger partial charge in [-0.2, -0.15) is 10.1 Å². The SMILES string of the molecule is COc1ccccc1CCNC(=O)COC(=O)CCc1c(C)nc2ncnn2c1C. The number of ether oxygens (including phenoxy) is 2. The summed E-state index contributed by atoms with van der Waals surface area (Å²) in [7, 11) is 1.61. The number of rotatable bonds is 9. The Kier molecular flexibility index (Phi) is 6.95. The van der Waals surface area contributed by atoms with Crippen molar-refractivity contribution in [1.29, 1.82) is 0 Å². The molecule has 3 aromatic rings. The van der Waals surface area contributed by atoms with Gasteiger partial charge in [0.2, 0.25) is 0 Å². The van der Waals surface area contributed by atoms with E-state index in [0.717, 1.165) is 28.3 Å². The molecule has 1 amide bonds. The minimum absolute atomic E-state index is 0.151. The Morgan fingerprint density at radius 3 is 2.77 bits per heavy atom. The lowest BCUT2D eigenvalue weighted by molar-refractivity contribution is -0.148. The second-order valence-electron chi connectivity index (χ2n) is 6.81.